The summed E-state index contributed by atoms with van der Waals surface area (Å²) in [4.78, 5) is 0. The van der Waals surface area contributed by atoms with Crippen LogP contribution in [0.25, 0.3) is 0 Å². The van der Waals surface area contributed by atoms with Crippen LogP contribution < -0.4 is 9.32 Å². The van der Waals surface area contributed by atoms with Crippen LogP contribution in [0.2, 0.25) is 0 Å². The van der Waals surface area contributed by atoms with Gasteiger partial charge < -0.3 is 4.18 Å². The van der Waals surface area contributed by atoms with Gasteiger partial charge in [0.2, 0.25) is 0 Å². The maximum Gasteiger partial charge on any atom is 0.380 e. The first-order valence-electron chi connectivity index (χ1n) is 3.06. The van der Waals surface area contributed by atoms with Crippen LogP contribution in [-0.2, 0) is 10.3 Å². The maximum atomic E-state index is 12.9. The fourth-order valence-electron chi connectivity index (χ4n) is 0.668. The Hall–Kier alpha value is -0.660. The van der Waals surface area contributed by atoms with Crippen LogP contribution >= 0.6 is 15.9 Å². The molecule has 13 heavy (non-hydrogen) atoms. The van der Waals surface area contributed by atoms with Gasteiger partial charge in [-0.2, -0.15) is 13.6 Å². The molecule has 0 aliphatic heterocycles. The lowest BCUT2D eigenvalue weighted by Crippen LogP contribution is -2.19. The minimum Gasteiger partial charge on any atom is -0.368 e. The van der Waals surface area contributed by atoms with Gasteiger partial charge in [0.05, 0.1) is 0 Å². The van der Waals surface area contributed by atoms with Gasteiger partial charge in [-0.1, -0.05) is 15.9 Å². The largest absolute Gasteiger partial charge is 0.380 e. The van der Waals surface area contributed by atoms with Crippen LogP contribution in [0.15, 0.2) is 22.7 Å². The van der Waals surface area contributed by atoms with Crippen molar-refractivity contribution in [1.29, 1.82) is 0 Å². The minimum atomic E-state index is -4.17. The van der Waals surface area contributed by atoms with Gasteiger partial charge in [0.1, 0.15) is 0 Å². The van der Waals surface area contributed by atoms with E-state index in [1.165, 1.54) is 6.07 Å². The van der Waals surface area contributed by atoms with Crippen molar-refractivity contribution in [1.82, 2.24) is 0 Å². The van der Waals surface area contributed by atoms with Crippen molar-refractivity contribution in [2.45, 2.75) is 0 Å². The number of rotatable bonds is 2. The molecule has 0 atom stereocenters. The molecule has 1 aromatic rings. The first kappa shape index (κ1) is 10.4. The fourth-order valence-corrected chi connectivity index (χ4v) is 1.39. The summed E-state index contributed by atoms with van der Waals surface area (Å²) in [6.07, 6.45) is 0. The Bertz CT molecular complexity index is 420. The summed E-state index contributed by atoms with van der Waals surface area (Å²) in [6, 6.07) is 3.66. The van der Waals surface area contributed by atoms with Gasteiger partial charge in [-0.15, -0.1) is 0 Å². The topological polar surface area (TPSA) is 69.4 Å². The standard InChI is InChI=1S/C6H5BrFNO3S/c7-4-1-2-6(5(8)3-4)12-13(9,10)11/h1-3H,(H2,9,10,11). The summed E-state index contributed by atoms with van der Waals surface area (Å²) in [5, 5.41) is 4.55. The molecule has 0 saturated heterocycles. The van der Waals surface area contributed by atoms with Crippen molar-refractivity contribution in [3.05, 3.63) is 28.5 Å². The lowest BCUT2D eigenvalue weighted by atomic mass is 10.3. The van der Waals surface area contributed by atoms with Crippen LogP contribution in [0.1, 0.15) is 0 Å². The Balaban J connectivity index is 3.04. The molecule has 0 aliphatic carbocycles. The molecule has 0 spiro atoms. The van der Waals surface area contributed by atoms with E-state index in [4.69, 9.17) is 0 Å². The van der Waals surface area contributed by atoms with E-state index in [0.717, 1.165) is 12.1 Å². The second-order valence-corrected chi connectivity index (χ2v) is 4.22. The molecule has 0 unspecified atom stereocenters. The van der Waals surface area contributed by atoms with Crippen LogP contribution in [0.4, 0.5) is 4.39 Å². The predicted octanol–water partition coefficient (Wildman–Crippen LogP) is 1.17. The average Bonchev–Trinajstić information content (AvgIpc) is 1.93. The summed E-state index contributed by atoms with van der Waals surface area (Å²) >= 11 is 3.00. The number of nitrogens with two attached hydrogens (primary N) is 1. The van der Waals surface area contributed by atoms with Crippen molar-refractivity contribution in [2.75, 3.05) is 0 Å². The van der Waals surface area contributed by atoms with Crippen molar-refractivity contribution in [3.63, 3.8) is 0 Å². The van der Waals surface area contributed by atoms with E-state index in [1.54, 1.807) is 0 Å². The van der Waals surface area contributed by atoms with Gasteiger partial charge in [0.25, 0.3) is 0 Å². The highest BCUT2D eigenvalue weighted by Gasteiger charge is 2.10. The third kappa shape index (κ3) is 3.29. The van der Waals surface area contributed by atoms with E-state index in [-0.39, 0.29) is 0 Å². The van der Waals surface area contributed by atoms with Crippen LogP contribution in [0.3, 0.4) is 0 Å². The lowest BCUT2D eigenvalue weighted by Gasteiger charge is -2.02. The Labute approximate surface area is 82.9 Å². The smallest absolute Gasteiger partial charge is 0.368 e. The van der Waals surface area contributed by atoms with E-state index in [9.17, 15) is 12.8 Å². The van der Waals surface area contributed by atoms with Crippen molar-refractivity contribution in [3.8, 4) is 5.75 Å². The first-order valence-corrected chi connectivity index (χ1v) is 5.32. The van der Waals surface area contributed by atoms with E-state index >= 15 is 0 Å². The summed E-state index contributed by atoms with van der Waals surface area (Å²) in [5.41, 5.74) is 0. The quantitative estimate of drug-likeness (QED) is 0.877. The van der Waals surface area contributed by atoms with Crippen molar-refractivity contribution < 1.29 is 17.0 Å². The molecule has 7 heteroatoms. The van der Waals surface area contributed by atoms with Gasteiger partial charge >= 0.3 is 10.3 Å². The highest BCUT2D eigenvalue weighted by atomic mass is 79.9. The zero-order chi connectivity index (χ0) is 10.1. The predicted molar refractivity (Wildman–Crippen MR) is 47.8 cm³/mol. The summed E-state index contributed by atoms with van der Waals surface area (Å²) in [5.74, 6) is -1.23. The molecule has 1 rings (SSSR count). The average molecular weight is 270 g/mol. The number of halogens is 2. The molecule has 0 fully saturated rings. The van der Waals surface area contributed by atoms with Gasteiger partial charge in [-0.3, -0.25) is 0 Å². The molecule has 0 bridgehead atoms. The molecule has 0 amide bonds. The molecule has 0 saturated carbocycles. The Morgan fingerprint density at radius 2 is 2.08 bits per heavy atom. The highest BCUT2D eigenvalue weighted by molar-refractivity contribution is 9.10. The molecule has 0 aliphatic rings. The summed E-state index contributed by atoms with van der Waals surface area (Å²) in [7, 11) is -4.17. The number of hydrogen-bond donors (Lipinski definition) is 1. The molecule has 72 valence electrons. The maximum absolute atomic E-state index is 12.9. The van der Waals surface area contributed by atoms with Crippen molar-refractivity contribution >= 4 is 26.2 Å². The Kier molecular flexibility index (Phi) is 2.89. The lowest BCUT2D eigenvalue weighted by molar-refractivity contribution is 0.462. The van der Waals surface area contributed by atoms with Crippen LogP contribution in [0.5, 0.6) is 5.75 Å². The molecule has 0 aromatic heterocycles. The van der Waals surface area contributed by atoms with Crippen LogP contribution in [0, 0.1) is 5.82 Å². The van der Waals surface area contributed by atoms with E-state index in [2.05, 4.69) is 25.3 Å². The molecular formula is C6H5BrFNO3S. The third-order valence-corrected chi connectivity index (χ3v) is 2.00. The molecule has 0 radical (unpaired) electrons. The monoisotopic (exact) mass is 269 g/mol. The zero-order valence-corrected chi connectivity index (χ0v) is 8.60. The molecule has 4 nitrogen and oxygen atoms in total. The molecule has 0 heterocycles. The van der Waals surface area contributed by atoms with E-state index in [1.807, 2.05) is 0 Å². The molecular weight excluding hydrogens is 265 g/mol. The van der Waals surface area contributed by atoms with Gasteiger partial charge in [-0.25, -0.2) is 4.39 Å². The third-order valence-electron chi connectivity index (χ3n) is 1.10. The van der Waals surface area contributed by atoms with Gasteiger partial charge in [0, 0.05) is 4.47 Å². The second-order valence-electron chi connectivity index (χ2n) is 2.15. The molecule has 1 aromatic carbocycles. The normalized spacial score (nSPS) is 11.3. The van der Waals surface area contributed by atoms with Gasteiger partial charge in [-0.05, 0) is 18.2 Å². The Morgan fingerprint density at radius 3 is 2.54 bits per heavy atom. The van der Waals surface area contributed by atoms with Crippen molar-refractivity contribution in [2.24, 2.45) is 5.14 Å². The number of benzene rings is 1. The first-order chi connectivity index (χ1) is 5.88. The zero-order valence-electron chi connectivity index (χ0n) is 6.20. The Morgan fingerprint density at radius 1 is 1.46 bits per heavy atom. The highest BCUT2D eigenvalue weighted by Crippen LogP contribution is 2.21. The number of hydrogen-bond acceptors (Lipinski definition) is 3. The molecule has 2 N–H and O–H groups in total. The van der Waals surface area contributed by atoms with Gasteiger partial charge in [0.15, 0.2) is 11.6 Å². The second kappa shape index (κ2) is 3.60. The summed E-state index contributed by atoms with van der Waals surface area (Å²) < 4.78 is 38.4. The minimum absolute atomic E-state index is 0.425. The fraction of sp³-hybridized carbons (Fsp3) is 0. The van der Waals surface area contributed by atoms with Crippen LogP contribution in [-0.4, -0.2) is 8.42 Å². The SMILES string of the molecule is NS(=O)(=O)Oc1ccc(Br)cc1F. The summed E-state index contributed by atoms with van der Waals surface area (Å²) in [6.45, 7) is 0. The van der Waals surface area contributed by atoms with E-state index in [0.29, 0.717) is 4.47 Å². The van der Waals surface area contributed by atoms with E-state index < -0.39 is 21.9 Å².